The van der Waals surface area contributed by atoms with Gasteiger partial charge < -0.3 is 10.6 Å². The largest absolute Gasteiger partial charge is 0.349 e. The molecule has 0 aliphatic heterocycles. The van der Waals surface area contributed by atoms with E-state index in [1.54, 1.807) is 6.20 Å². The number of hydrogen-bond donors (Lipinski definition) is 2. The summed E-state index contributed by atoms with van der Waals surface area (Å²) in [6.07, 6.45) is 1.61. The number of anilines is 3. The van der Waals surface area contributed by atoms with Crippen molar-refractivity contribution in [3.8, 4) is 0 Å². The van der Waals surface area contributed by atoms with Gasteiger partial charge in [0.25, 0.3) is 0 Å². The summed E-state index contributed by atoms with van der Waals surface area (Å²) in [4.78, 5) is 4.47. The second-order valence-corrected chi connectivity index (χ2v) is 6.38. The molecule has 0 aliphatic carbocycles. The van der Waals surface area contributed by atoms with E-state index in [9.17, 15) is 0 Å². The molecule has 0 saturated carbocycles. The Labute approximate surface area is 152 Å². The van der Waals surface area contributed by atoms with Crippen LogP contribution in [-0.2, 0) is 6.54 Å². The summed E-state index contributed by atoms with van der Waals surface area (Å²) in [6.45, 7) is 4.86. The maximum absolute atomic E-state index is 6.17. The summed E-state index contributed by atoms with van der Waals surface area (Å²) in [5.41, 5.74) is 3.23. The van der Waals surface area contributed by atoms with E-state index in [0.717, 1.165) is 11.3 Å². The molecular formula is C19H20ClN5. The van der Waals surface area contributed by atoms with Crippen LogP contribution >= 0.6 is 11.6 Å². The third kappa shape index (κ3) is 4.45. The van der Waals surface area contributed by atoms with Crippen LogP contribution in [0.4, 0.5) is 17.5 Å². The van der Waals surface area contributed by atoms with Gasteiger partial charge in [0.1, 0.15) is 0 Å². The van der Waals surface area contributed by atoms with Gasteiger partial charge in [-0.1, -0.05) is 61.8 Å². The van der Waals surface area contributed by atoms with Crippen molar-refractivity contribution >= 4 is 29.1 Å². The van der Waals surface area contributed by atoms with Gasteiger partial charge in [0.05, 0.1) is 6.20 Å². The Balaban J connectivity index is 1.73. The number of para-hydroxylation sites is 1. The third-order valence-corrected chi connectivity index (χ3v) is 4.17. The van der Waals surface area contributed by atoms with E-state index in [1.807, 2.05) is 42.5 Å². The molecule has 2 aromatic carbocycles. The first-order valence-electron chi connectivity index (χ1n) is 8.16. The topological polar surface area (TPSA) is 62.7 Å². The van der Waals surface area contributed by atoms with E-state index in [0.29, 0.717) is 29.3 Å². The number of rotatable bonds is 6. The van der Waals surface area contributed by atoms with Crippen molar-refractivity contribution in [3.63, 3.8) is 0 Å². The smallest absolute Gasteiger partial charge is 0.244 e. The fraction of sp³-hybridized carbons (Fsp3) is 0.211. The van der Waals surface area contributed by atoms with Gasteiger partial charge in [-0.15, -0.1) is 5.10 Å². The van der Waals surface area contributed by atoms with Crippen LogP contribution in [0.25, 0.3) is 0 Å². The monoisotopic (exact) mass is 353 g/mol. The molecule has 0 unspecified atom stereocenters. The second-order valence-electron chi connectivity index (χ2n) is 5.98. The van der Waals surface area contributed by atoms with Crippen LogP contribution < -0.4 is 10.6 Å². The Morgan fingerprint density at radius 2 is 1.80 bits per heavy atom. The Bertz CT molecular complexity index is 850. The molecule has 128 valence electrons. The van der Waals surface area contributed by atoms with Gasteiger partial charge in [-0.3, -0.25) is 0 Å². The standard InChI is InChI=1S/C19H20ClN5/c1-13(2)15-8-4-6-10-17(15)23-18-12-22-25-19(24-18)21-11-14-7-3-5-9-16(14)20/h3-10,12-13H,11H2,1-2H3,(H2,21,23,24,25). The van der Waals surface area contributed by atoms with Crippen molar-refractivity contribution in [2.45, 2.75) is 26.3 Å². The molecule has 3 aromatic rings. The van der Waals surface area contributed by atoms with Gasteiger partial charge in [0, 0.05) is 17.3 Å². The summed E-state index contributed by atoms with van der Waals surface area (Å²) < 4.78 is 0. The highest BCUT2D eigenvalue weighted by molar-refractivity contribution is 6.31. The van der Waals surface area contributed by atoms with E-state index in [-0.39, 0.29) is 0 Å². The zero-order valence-corrected chi connectivity index (χ0v) is 15.0. The van der Waals surface area contributed by atoms with Gasteiger partial charge in [-0.25, -0.2) is 0 Å². The Kier molecular flexibility index (Phi) is 5.46. The molecule has 2 N–H and O–H groups in total. The number of nitrogens with one attached hydrogen (secondary N) is 2. The summed E-state index contributed by atoms with van der Waals surface area (Å²) in [5.74, 6) is 1.51. The first-order valence-corrected chi connectivity index (χ1v) is 8.54. The van der Waals surface area contributed by atoms with Crippen molar-refractivity contribution in [1.82, 2.24) is 15.2 Å². The summed E-state index contributed by atoms with van der Waals surface area (Å²) in [5, 5.41) is 15.2. The highest BCUT2D eigenvalue weighted by Gasteiger charge is 2.08. The van der Waals surface area contributed by atoms with Gasteiger partial charge in [-0.2, -0.15) is 10.1 Å². The van der Waals surface area contributed by atoms with Crippen molar-refractivity contribution in [1.29, 1.82) is 0 Å². The summed E-state index contributed by atoms with van der Waals surface area (Å²) in [6, 6.07) is 15.9. The first-order chi connectivity index (χ1) is 12.1. The van der Waals surface area contributed by atoms with E-state index >= 15 is 0 Å². The van der Waals surface area contributed by atoms with Gasteiger partial charge >= 0.3 is 0 Å². The predicted molar refractivity (Wildman–Crippen MR) is 102 cm³/mol. The molecule has 5 nitrogen and oxygen atoms in total. The first kappa shape index (κ1) is 17.2. The molecule has 0 amide bonds. The zero-order chi connectivity index (χ0) is 17.6. The molecule has 1 aromatic heterocycles. The summed E-state index contributed by atoms with van der Waals surface area (Å²) in [7, 11) is 0. The van der Waals surface area contributed by atoms with Crippen molar-refractivity contribution in [2.24, 2.45) is 0 Å². The van der Waals surface area contributed by atoms with Gasteiger partial charge in [0.2, 0.25) is 5.95 Å². The molecule has 0 bridgehead atoms. The lowest BCUT2D eigenvalue weighted by molar-refractivity contribution is 0.868. The Hall–Kier alpha value is -2.66. The quantitative estimate of drug-likeness (QED) is 0.652. The fourth-order valence-electron chi connectivity index (χ4n) is 2.51. The normalized spacial score (nSPS) is 10.7. The molecule has 0 aliphatic rings. The minimum Gasteiger partial charge on any atom is -0.349 e. The third-order valence-electron chi connectivity index (χ3n) is 3.80. The van der Waals surface area contributed by atoms with Crippen LogP contribution in [0.2, 0.25) is 5.02 Å². The van der Waals surface area contributed by atoms with Crippen molar-refractivity contribution in [3.05, 3.63) is 70.9 Å². The molecule has 0 fully saturated rings. The molecule has 0 saturated heterocycles. The maximum atomic E-state index is 6.17. The van der Waals surface area contributed by atoms with E-state index < -0.39 is 0 Å². The average Bonchev–Trinajstić information content (AvgIpc) is 2.62. The number of hydrogen-bond acceptors (Lipinski definition) is 5. The lowest BCUT2D eigenvalue weighted by atomic mass is 10.0. The lowest BCUT2D eigenvalue weighted by Crippen LogP contribution is -2.07. The number of aromatic nitrogens is 3. The van der Waals surface area contributed by atoms with Gasteiger partial charge in [-0.05, 0) is 29.2 Å². The van der Waals surface area contributed by atoms with Gasteiger partial charge in [0.15, 0.2) is 5.82 Å². The minimum absolute atomic E-state index is 0.413. The Morgan fingerprint density at radius 1 is 1.04 bits per heavy atom. The number of halogens is 1. The molecule has 25 heavy (non-hydrogen) atoms. The maximum Gasteiger partial charge on any atom is 0.244 e. The predicted octanol–water partition coefficient (Wildman–Crippen LogP) is 5.00. The lowest BCUT2D eigenvalue weighted by Gasteiger charge is -2.14. The van der Waals surface area contributed by atoms with Crippen molar-refractivity contribution in [2.75, 3.05) is 10.6 Å². The molecule has 0 spiro atoms. The highest BCUT2D eigenvalue weighted by atomic mass is 35.5. The van der Waals surface area contributed by atoms with Crippen LogP contribution in [0.3, 0.4) is 0 Å². The average molecular weight is 354 g/mol. The van der Waals surface area contributed by atoms with Crippen molar-refractivity contribution < 1.29 is 0 Å². The number of benzene rings is 2. The Morgan fingerprint density at radius 3 is 2.60 bits per heavy atom. The minimum atomic E-state index is 0.413. The zero-order valence-electron chi connectivity index (χ0n) is 14.2. The molecular weight excluding hydrogens is 334 g/mol. The molecule has 0 atom stereocenters. The van der Waals surface area contributed by atoms with Crippen LogP contribution in [0, 0.1) is 0 Å². The SMILES string of the molecule is CC(C)c1ccccc1Nc1cnnc(NCc2ccccc2Cl)n1. The second kappa shape index (κ2) is 7.94. The number of nitrogens with zero attached hydrogens (tertiary/aromatic N) is 3. The van der Waals surface area contributed by atoms with Crippen LogP contribution in [-0.4, -0.2) is 15.2 Å². The van der Waals surface area contributed by atoms with Crippen LogP contribution in [0.1, 0.15) is 30.9 Å². The molecule has 0 radical (unpaired) electrons. The van der Waals surface area contributed by atoms with Crippen LogP contribution in [0.5, 0.6) is 0 Å². The molecule has 1 heterocycles. The molecule has 6 heteroatoms. The fourth-order valence-corrected chi connectivity index (χ4v) is 2.71. The van der Waals surface area contributed by atoms with Crippen LogP contribution in [0.15, 0.2) is 54.7 Å². The highest BCUT2D eigenvalue weighted by Crippen LogP contribution is 2.26. The summed E-state index contributed by atoms with van der Waals surface area (Å²) >= 11 is 6.17. The molecule has 3 rings (SSSR count). The van der Waals surface area contributed by atoms with E-state index in [2.05, 4.69) is 45.7 Å². The van der Waals surface area contributed by atoms with E-state index in [1.165, 1.54) is 5.56 Å². The van der Waals surface area contributed by atoms with E-state index in [4.69, 9.17) is 11.6 Å².